The Kier molecular flexibility index (Phi) is 4.47. The highest BCUT2D eigenvalue weighted by atomic mass is 19.1. The minimum atomic E-state index is -0.823. The molecule has 0 saturated carbocycles. The van der Waals surface area contributed by atoms with Crippen LogP contribution < -0.4 is 10.6 Å². The Morgan fingerprint density at radius 2 is 2.00 bits per heavy atom. The maximum atomic E-state index is 13.8. The Morgan fingerprint density at radius 3 is 2.62 bits per heavy atom. The molecule has 0 bridgehead atoms. The average molecular weight is 291 g/mol. The maximum Gasteiger partial charge on any atom is 0.274 e. The second kappa shape index (κ2) is 6.30. The van der Waals surface area contributed by atoms with E-state index in [1.165, 1.54) is 25.3 Å². The summed E-state index contributed by atoms with van der Waals surface area (Å²) in [5, 5.41) is 5.25. The third kappa shape index (κ3) is 3.34. The quantitative estimate of drug-likeness (QED) is 0.908. The summed E-state index contributed by atoms with van der Waals surface area (Å²) in [7, 11) is 0. The molecule has 2 N–H and O–H groups in total. The first-order valence-corrected chi connectivity index (χ1v) is 6.48. The van der Waals surface area contributed by atoms with Gasteiger partial charge in [0.15, 0.2) is 5.82 Å². The molecule has 0 aliphatic heterocycles. The highest BCUT2D eigenvalue weighted by Gasteiger charge is 2.16. The van der Waals surface area contributed by atoms with E-state index in [0.717, 1.165) is 18.3 Å². The van der Waals surface area contributed by atoms with Crippen molar-refractivity contribution in [1.82, 2.24) is 4.98 Å². The van der Waals surface area contributed by atoms with Crippen molar-refractivity contribution < 1.29 is 13.6 Å². The van der Waals surface area contributed by atoms with E-state index in [-0.39, 0.29) is 11.3 Å². The first-order chi connectivity index (χ1) is 10.0. The molecular formula is C15H15F2N3O. The van der Waals surface area contributed by atoms with Gasteiger partial charge in [0.1, 0.15) is 17.2 Å². The summed E-state index contributed by atoms with van der Waals surface area (Å²) < 4.78 is 27.4. The van der Waals surface area contributed by atoms with Crippen molar-refractivity contribution in [2.75, 3.05) is 17.2 Å². The summed E-state index contributed by atoms with van der Waals surface area (Å²) in [6.07, 6.45) is 1.49. The Morgan fingerprint density at radius 1 is 1.24 bits per heavy atom. The summed E-state index contributed by atoms with van der Waals surface area (Å²) in [6.45, 7) is 4.16. The van der Waals surface area contributed by atoms with Gasteiger partial charge in [-0.1, -0.05) is 6.07 Å². The zero-order chi connectivity index (χ0) is 15.4. The van der Waals surface area contributed by atoms with Crippen LogP contribution in [0.5, 0.6) is 0 Å². The molecule has 2 aromatic rings. The predicted molar refractivity (Wildman–Crippen MR) is 77.4 cm³/mol. The number of benzene rings is 1. The normalized spacial score (nSPS) is 10.3. The number of aromatic nitrogens is 1. The second-order valence-corrected chi connectivity index (χ2v) is 4.47. The van der Waals surface area contributed by atoms with Gasteiger partial charge in [-0.3, -0.25) is 4.79 Å². The SMILES string of the molecule is CCNc1ccc(C(=O)Nc2c(F)ccc(C)c2F)nc1. The second-order valence-electron chi connectivity index (χ2n) is 4.47. The van der Waals surface area contributed by atoms with Gasteiger partial charge < -0.3 is 10.6 Å². The highest BCUT2D eigenvalue weighted by Crippen LogP contribution is 2.22. The number of pyridine rings is 1. The number of anilines is 2. The predicted octanol–water partition coefficient (Wildman–Crippen LogP) is 3.35. The molecule has 0 radical (unpaired) electrons. The molecular weight excluding hydrogens is 276 g/mol. The van der Waals surface area contributed by atoms with Crippen molar-refractivity contribution in [2.24, 2.45) is 0 Å². The summed E-state index contributed by atoms with van der Waals surface area (Å²) in [5.74, 6) is -2.27. The molecule has 0 spiro atoms. The van der Waals surface area contributed by atoms with E-state index < -0.39 is 23.2 Å². The van der Waals surface area contributed by atoms with E-state index in [4.69, 9.17) is 0 Å². The molecule has 0 aliphatic rings. The molecule has 4 nitrogen and oxygen atoms in total. The molecule has 0 aliphatic carbocycles. The van der Waals surface area contributed by atoms with E-state index in [0.29, 0.717) is 0 Å². The fourth-order valence-corrected chi connectivity index (χ4v) is 1.79. The van der Waals surface area contributed by atoms with Gasteiger partial charge >= 0.3 is 0 Å². The summed E-state index contributed by atoms with van der Waals surface area (Å²) in [5.41, 5.74) is 0.638. The lowest BCUT2D eigenvalue weighted by atomic mass is 10.2. The summed E-state index contributed by atoms with van der Waals surface area (Å²) in [4.78, 5) is 15.9. The standard InChI is InChI=1S/C15H15F2N3O/c1-3-18-10-5-7-12(19-8-10)15(21)20-14-11(16)6-4-9(2)13(14)17/h4-8,18H,3H2,1-2H3,(H,20,21). The summed E-state index contributed by atoms with van der Waals surface area (Å²) in [6, 6.07) is 5.58. The van der Waals surface area contributed by atoms with Gasteiger partial charge in [0.05, 0.1) is 11.9 Å². The molecule has 0 fully saturated rings. The molecule has 0 saturated heterocycles. The van der Waals surface area contributed by atoms with Crippen LogP contribution in [0.1, 0.15) is 23.0 Å². The van der Waals surface area contributed by atoms with Crippen molar-refractivity contribution in [3.8, 4) is 0 Å². The van der Waals surface area contributed by atoms with Crippen molar-refractivity contribution in [3.63, 3.8) is 0 Å². The lowest BCUT2D eigenvalue weighted by molar-refractivity contribution is 0.102. The molecule has 1 amide bonds. The molecule has 1 aromatic heterocycles. The molecule has 0 unspecified atom stereocenters. The highest BCUT2D eigenvalue weighted by molar-refractivity contribution is 6.03. The number of halogens is 2. The van der Waals surface area contributed by atoms with Crippen LogP contribution in [0.25, 0.3) is 0 Å². The van der Waals surface area contributed by atoms with Gasteiger partial charge in [0.25, 0.3) is 5.91 Å². The number of carbonyl (C=O) groups excluding carboxylic acids is 1. The third-order valence-electron chi connectivity index (χ3n) is 2.90. The smallest absolute Gasteiger partial charge is 0.274 e. The number of hydrogen-bond acceptors (Lipinski definition) is 3. The topological polar surface area (TPSA) is 54.0 Å². The average Bonchev–Trinajstić information content (AvgIpc) is 2.48. The van der Waals surface area contributed by atoms with Crippen LogP contribution in [0.4, 0.5) is 20.2 Å². The Bertz CT molecular complexity index is 657. The van der Waals surface area contributed by atoms with Crippen LogP contribution in [-0.2, 0) is 0 Å². The van der Waals surface area contributed by atoms with E-state index in [9.17, 15) is 13.6 Å². The van der Waals surface area contributed by atoms with E-state index in [1.54, 1.807) is 6.07 Å². The number of carbonyl (C=O) groups is 1. The van der Waals surface area contributed by atoms with Gasteiger partial charge in [0, 0.05) is 6.54 Å². The number of hydrogen-bond donors (Lipinski definition) is 2. The van der Waals surface area contributed by atoms with Crippen LogP contribution in [0.2, 0.25) is 0 Å². The zero-order valence-electron chi connectivity index (χ0n) is 11.7. The molecule has 0 atom stereocenters. The monoisotopic (exact) mass is 291 g/mol. The first-order valence-electron chi connectivity index (χ1n) is 6.48. The molecule has 1 aromatic carbocycles. The van der Waals surface area contributed by atoms with Crippen molar-refractivity contribution >= 4 is 17.3 Å². The third-order valence-corrected chi connectivity index (χ3v) is 2.90. The van der Waals surface area contributed by atoms with Crippen LogP contribution in [0, 0.1) is 18.6 Å². The van der Waals surface area contributed by atoms with Crippen LogP contribution in [-0.4, -0.2) is 17.4 Å². The molecule has 110 valence electrons. The van der Waals surface area contributed by atoms with Gasteiger partial charge in [-0.2, -0.15) is 0 Å². The van der Waals surface area contributed by atoms with Gasteiger partial charge in [-0.15, -0.1) is 0 Å². The van der Waals surface area contributed by atoms with Crippen molar-refractivity contribution in [1.29, 1.82) is 0 Å². The molecule has 21 heavy (non-hydrogen) atoms. The van der Waals surface area contributed by atoms with E-state index in [1.807, 2.05) is 6.92 Å². The Balaban J connectivity index is 2.20. The Hall–Kier alpha value is -2.50. The van der Waals surface area contributed by atoms with Crippen LogP contribution in [0.15, 0.2) is 30.5 Å². The van der Waals surface area contributed by atoms with Gasteiger partial charge in [-0.05, 0) is 37.6 Å². The fraction of sp³-hybridized carbons (Fsp3) is 0.200. The Labute approximate surface area is 121 Å². The number of aryl methyl sites for hydroxylation is 1. The number of rotatable bonds is 4. The maximum absolute atomic E-state index is 13.8. The zero-order valence-corrected chi connectivity index (χ0v) is 11.7. The fourth-order valence-electron chi connectivity index (χ4n) is 1.79. The number of nitrogens with one attached hydrogen (secondary N) is 2. The van der Waals surface area contributed by atoms with E-state index in [2.05, 4.69) is 15.6 Å². The van der Waals surface area contributed by atoms with Crippen LogP contribution >= 0.6 is 0 Å². The minimum absolute atomic E-state index is 0.0805. The van der Waals surface area contributed by atoms with E-state index >= 15 is 0 Å². The number of amides is 1. The van der Waals surface area contributed by atoms with Gasteiger partial charge in [0.2, 0.25) is 0 Å². The van der Waals surface area contributed by atoms with Crippen LogP contribution in [0.3, 0.4) is 0 Å². The van der Waals surface area contributed by atoms with Gasteiger partial charge in [-0.25, -0.2) is 13.8 Å². The summed E-state index contributed by atoms with van der Waals surface area (Å²) >= 11 is 0. The minimum Gasteiger partial charge on any atom is -0.384 e. The lowest BCUT2D eigenvalue weighted by Crippen LogP contribution is -2.16. The lowest BCUT2D eigenvalue weighted by Gasteiger charge is -2.09. The number of nitrogens with zero attached hydrogens (tertiary/aromatic N) is 1. The molecule has 2 rings (SSSR count). The van der Waals surface area contributed by atoms with Crippen molar-refractivity contribution in [3.05, 3.63) is 53.4 Å². The first kappa shape index (κ1) is 14.9. The molecule has 1 heterocycles. The largest absolute Gasteiger partial charge is 0.384 e. The van der Waals surface area contributed by atoms with Crippen molar-refractivity contribution in [2.45, 2.75) is 13.8 Å². The molecule has 6 heteroatoms.